The van der Waals surface area contributed by atoms with Gasteiger partial charge in [-0.15, -0.1) is 0 Å². The van der Waals surface area contributed by atoms with Crippen molar-refractivity contribution in [1.82, 2.24) is 4.98 Å². The number of pyridine rings is 1. The van der Waals surface area contributed by atoms with E-state index in [1.807, 2.05) is 44.4 Å². The fraction of sp³-hybridized carbons (Fsp3) is 0. The molecule has 2 heteroatoms. The predicted molar refractivity (Wildman–Crippen MR) is 73.3 cm³/mol. The van der Waals surface area contributed by atoms with Crippen LogP contribution in [0.25, 0.3) is 6.08 Å². The molecular weight excluding hydrogens is 274 g/mol. The molecule has 2 fully saturated rings. The number of aromatic nitrogens is 1. The molecular formula is C17H13FeN+2. The number of rotatable bonds is 0. The second-order valence-electron chi connectivity index (χ2n) is 4.13. The third-order valence-electron chi connectivity index (χ3n) is 2.95. The molecule has 0 amide bonds. The first-order valence-electron chi connectivity index (χ1n) is 6.01. The van der Waals surface area contributed by atoms with Gasteiger partial charge in [0, 0.05) is 18.0 Å². The molecule has 1 heterocycles. The molecule has 2 saturated carbocycles. The SMILES string of the molecule is [CH]1[CH][CH][CH][CH]1.[CH]1[CH][C]2C=Cc3ncccc3[C]2[CH]1.[Fe+2]. The summed E-state index contributed by atoms with van der Waals surface area (Å²) in [6.07, 6.45) is 22.4. The Morgan fingerprint density at radius 1 is 0.789 bits per heavy atom. The third-order valence-corrected chi connectivity index (χ3v) is 2.95. The Balaban J connectivity index is 0.000000190. The zero-order valence-corrected chi connectivity index (χ0v) is 11.4. The van der Waals surface area contributed by atoms with Gasteiger partial charge < -0.3 is 0 Å². The van der Waals surface area contributed by atoms with E-state index in [0.29, 0.717) is 0 Å². The number of nitrogens with zero attached hydrogens (tertiary/aromatic N) is 1. The van der Waals surface area contributed by atoms with Crippen LogP contribution in [0.15, 0.2) is 24.4 Å². The predicted octanol–water partition coefficient (Wildman–Crippen LogP) is 3.25. The average molecular weight is 287 g/mol. The Kier molecular flexibility index (Phi) is 5.66. The van der Waals surface area contributed by atoms with Crippen molar-refractivity contribution < 1.29 is 17.1 Å². The van der Waals surface area contributed by atoms with Gasteiger partial charge >= 0.3 is 17.1 Å². The Bertz CT molecular complexity index is 415. The standard InChI is InChI=1S/C12H8N.C5H5.Fe/c1-3-9-6-7-12-11(10(9)4-1)5-2-8-13-12;1-2-4-5-3-1;/h1-8H;1-5H;/q;;+2. The van der Waals surface area contributed by atoms with E-state index in [0.717, 1.165) is 5.69 Å². The van der Waals surface area contributed by atoms with Crippen molar-refractivity contribution in [2.24, 2.45) is 0 Å². The quantitative estimate of drug-likeness (QED) is 0.667. The number of hydrogen-bond donors (Lipinski definition) is 0. The second kappa shape index (κ2) is 7.26. The van der Waals surface area contributed by atoms with Gasteiger partial charge in [-0.3, -0.25) is 4.98 Å². The van der Waals surface area contributed by atoms with E-state index in [2.05, 4.69) is 42.5 Å². The molecule has 10 radical (unpaired) electrons. The normalized spacial score (nSPS) is 21.1. The van der Waals surface area contributed by atoms with Gasteiger partial charge in [-0.2, -0.15) is 0 Å². The van der Waals surface area contributed by atoms with Crippen LogP contribution in [0.4, 0.5) is 0 Å². The van der Waals surface area contributed by atoms with Gasteiger partial charge in [0.2, 0.25) is 0 Å². The number of hydrogen-bond acceptors (Lipinski definition) is 1. The Labute approximate surface area is 127 Å². The monoisotopic (exact) mass is 287 g/mol. The van der Waals surface area contributed by atoms with Crippen LogP contribution >= 0.6 is 0 Å². The Morgan fingerprint density at radius 3 is 2.26 bits per heavy atom. The van der Waals surface area contributed by atoms with E-state index >= 15 is 0 Å². The summed E-state index contributed by atoms with van der Waals surface area (Å²) >= 11 is 0. The smallest absolute Gasteiger partial charge is 0.257 e. The van der Waals surface area contributed by atoms with Crippen molar-refractivity contribution in [1.29, 1.82) is 0 Å². The molecule has 92 valence electrons. The summed E-state index contributed by atoms with van der Waals surface area (Å²) in [5.41, 5.74) is 2.31. The minimum atomic E-state index is 0. The molecule has 0 atom stereocenters. The van der Waals surface area contributed by atoms with Crippen molar-refractivity contribution in [2.75, 3.05) is 0 Å². The topological polar surface area (TPSA) is 12.9 Å². The summed E-state index contributed by atoms with van der Waals surface area (Å²) in [6, 6.07) is 4.10. The summed E-state index contributed by atoms with van der Waals surface area (Å²) in [5, 5.41) is 0. The second-order valence-corrected chi connectivity index (χ2v) is 4.13. The van der Waals surface area contributed by atoms with Crippen molar-refractivity contribution >= 4 is 6.08 Å². The van der Waals surface area contributed by atoms with E-state index in [1.54, 1.807) is 0 Å². The van der Waals surface area contributed by atoms with Crippen LogP contribution in [0.3, 0.4) is 0 Å². The van der Waals surface area contributed by atoms with Crippen molar-refractivity contribution in [2.45, 2.75) is 0 Å². The number of fused-ring (bicyclic) bond motifs is 3. The molecule has 0 spiro atoms. The number of allylic oxidation sites excluding steroid dienone is 1. The molecule has 1 aromatic rings. The molecule has 4 rings (SSSR count). The van der Waals surface area contributed by atoms with Gasteiger partial charge in [-0.25, -0.2) is 0 Å². The van der Waals surface area contributed by atoms with Gasteiger partial charge in [0.25, 0.3) is 0 Å². The summed E-state index contributed by atoms with van der Waals surface area (Å²) in [6.45, 7) is 0. The zero-order chi connectivity index (χ0) is 12.2. The van der Waals surface area contributed by atoms with Crippen LogP contribution in [-0.2, 0) is 17.1 Å². The minimum Gasteiger partial charge on any atom is -0.257 e. The molecule has 0 N–H and O–H groups in total. The van der Waals surface area contributed by atoms with Crippen LogP contribution in [-0.4, -0.2) is 4.98 Å². The first kappa shape index (κ1) is 14.8. The van der Waals surface area contributed by atoms with Crippen molar-refractivity contribution in [3.8, 4) is 0 Å². The first-order chi connectivity index (χ1) is 8.95. The molecule has 0 saturated heterocycles. The van der Waals surface area contributed by atoms with E-state index in [-0.39, 0.29) is 17.1 Å². The zero-order valence-electron chi connectivity index (χ0n) is 10.3. The van der Waals surface area contributed by atoms with Crippen LogP contribution < -0.4 is 0 Å². The molecule has 0 aromatic carbocycles. The minimum absolute atomic E-state index is 0. The summed E-state index contributed by atoms with van der Waals surface area (Å²) < 4.78 is 0. The molecule has 3 aliphatic carbocycles. The van der Waals surface area contributed by atoms with Gasteiger partial charge in [0.05, 0.1) is 5.69 Å². The fourth-order valence-corrected chi connectivity index (χ4v) is 2.09. The van der Waals surface area contributed by atoms with Gasteiger partial charge in [0.1, 0.15) is 0 Å². The summed E-state index contributed by atoms with van der Waals surface area (Å²) in [5.74, 6) is 2.59. The maximum absolute atomic E-state index is 4.31. The van der Waals surface area contributed by atoms with Crippen molar-refractivity contribution in [3.05, 3.63) is 98.9 Å². The maximum atomic E-state index is 4.31. The van der Waals surface area contributed by atoms with Gasteiger partial charge in [0.15, 0.2) is 0 Å². The molecule has 19 heavy (non-hydrogen) atoms. The van der Waals surface area contributed by atoms with E-state index in [4.69, 9.17) is 0 Å². The van der Waals surface area contributed by atoms with Crippen LogP contribution in [0.2, 0.25) is 0 Å². The molecule has 1 aromatic heterocycles. The molecule has 3 aliphatic rings. The van der Waals surface area contributed by atoms with Gasteiger partial charge in [-0.1, -0.05) is 12.1 Å². The Morgan fingerprint density at radius 2 is 1.53 bits per heavy atom. The molecule has 1 nitrogen and oxygen atoms in total. The fourth-order valence-electron chi connectivity index (χ4n) is 2.09. The summed E-state index contributed by atoms with van der Waals surface area (Å²) in [7, 11) is 0. The molecule has 0 aliphatic heterocycles. The van der Waals surface area contributed by atoms with Crippen LogP contribution in [0.1, 0.15) is 11.3 Å². The Hall–Kier alpha value is -0.591. The molecule has 0 unspecified atom stereocenters. The molecule has 0 bridgehead atoms. The van der Waals surface area contributed by atoms with Crippen LogP contribution in [0, 0.1) is 63.2 Å². The van der Waals surface area contributed by atoms with E-state index < -0.39 is 0 Å². The van der Waals surface area contributed by atoms with E-state index in [9.17, 15) is 0 Å². The summed E-state index contributed by atoms with van der Waals surface area (Å²) in [4.78, 5) is 4.31. The van der Waals surface area contributed by atoms with E-state index in [1.165, 1.54) is 17.4 Å². The first-order valence-corrected chi connectivity index (χ1v) is 6.01. The average Bonchev–Trinajstić information content (AvgIpc) is 3.12. The maximum Gasteiger partial charge on any atom is 2.00 e. The largest absolute Gasteiger partial charge is 2.00 e. The van der Waals surface area contributed by atoms with Crippen LogP contribution in [0.5, 0.6) is 0 Å². The third kappa shape index (κ3) is 3.49. The van der Waals surface area contributed by atoms with Crippen molar-refractivity contribution in [3.63, 3.8) is 0 Å². The van der Waals surface area contributed by atoms with Gasteiger partial charge in [-0.05, 0) is 69.1 Å².